The molecule has 0 saturated carbocycles. The third-order valence-corrected chi connectivity index (χ3v) is 0.836. The Bertz CT molecular complexity index is 154. The summed E-state index contributed by atoms with van der Waals surface area (Å²) in [4.78, 5) is 3.53. The maximum absolute atomic E-state index is 8.37. The maximum Gasteiger partial charge on any atom is 0.288 e. The van der Waals surface area contributed by atoms with E-state index in [1.165, 1.54) is 0 Å². The number of aliphatic hydroxyl groups is 1. The molecule has 6 nitrogen and oxygen atoms in total. The Balaban J connectivity index is -0.000000129. The van der Waals surface area contributed by atoms with Gasteiger partial charge in [-0.1, -0.05) is 13.8 Å². The van der Waals surface area contributed by atoms with Crippen LogP contribution >= 0.6 is 0 Å². The van der Waals surface area contributed by atoms with Crippen LogP contribution in [-0.2, 0) is 37.4 Å². The maximum atomic E-state index is 8.37. The van der Waals surface area contributed by atoms with Crippen LogP contribution in [0.4, 0.5) is 0 Å². The van der Waals surface area contributed by atoms with Gasteiger partial charge in [-0.15, -0.1) is 19.4 Å². The quantitative estimate of drug-likeness (QED) is 0.297. The molecule has 0 saturated heterocycles. The molecule has 5 N–H and O–H groups in total. The van der Waals surface area contributed by atoms with Crippen molar-refractivity contribution in [3.8, 4) is 12.8 Å². The Morgan fingerprint density at radius 3 is 2.31 bits per heavy atom. The zero-order chi connectivity index (χ0) is 12.5. The number of terminal acetylenes is 1. The monoisotopic (exact) mass is 306 g/mol. The summed E-state index contributed by atoms with van der Waals surface area (Å²) in [7, 11) is 0. The Morgan fingerprint density at radius 2 is 2.00 bits per heavy atom. The molecule has 0 aromatic rings. The van der Waals surface area contributed by atoms with Gasteiger partial charge in [0.1, 0.15) is 13.5 Å². The van der Waals surface area contributed by atoms with Crippen LogP contribution in [0.1, 0.15) is 13.8 Å². The van der Waals surface area contributed by atoms with Gasteiger partial charge < -0.3 is 20.9 Å². The van der Waals surface area contributed by atoms with Crippen LogP contribution in [0.2, 0.25) is 0 Å². The van der Waals surface area contributed by atoms with Crippen molar-refractivity contribution >= 4 is 6.02 Å². The number of amidine groups is 1. The van der Waals surface area contributed by atoms with Crippen molar-refractivity contribution in [1.29, 1.82) is 0 Å². The number of nitrogens with zero attached hydrogens (tertiary/aromatic N) is 1. The van der Waals surface area contributed by atoms with Gasteiger partial charge in [-0.2, -0.15) is 0 Å². The Morgan fingerprint density at radius 1 is 1.50 bits per heavy atom. The number of nitrogens with two attached hydrogens (primary N) is 1. The number of hydrogen-bond donors (Lipinski definition) is 3. The third-order valence-electron chi connectivity index (χ3n) is 0.836. The fraction of sp³-hybridized carbons (Fsp3) is 0.667. The Hall–Kier alpha value is -0.186. The van der Waals surface area contributed by atoms with Crippen molar-refractivity contribution < 1.29 is 42.6 Å². The van der Waals surface area contributed by atoms with Gasteiger partial charge in [0, 0.05) is 39.3 Å². The molecule has 0 atom stereocenters. The van der Waals surface area contributed by atoms with Gasteiger partial charge in [0.25, 0.3) is 6.02 Å². The van der Waals surface area contributed by atoms with Gasteiger partial charge in [-0.25, -0.2) is 4.99 Å². The van der Waals surface area contributed by atoms with Crippen molar-refractivity contribution in [2.75, 3.05) is 26.6 Å². The molecule has 0 rings (SSSR count). The molecule has 0 aliphatic heterocycles. The first-order chi connectivity index (χ1) is 7.35. The van der Waals surface area contributed by atoms with Gasteiger partial charge in [-0.05, 0) is 0 Å². The molecule has 0 aromatic heterocycles. The van der Waals surface area contributed by atoms with Crippen molar-refractivity contribution in [2.45, 2.75) is 13.8 Å². The van der Waals surface area contributed by atoms with Crippen LogP contribution in [-0.4, -0.2) is 37.7 Å². The predicted octanol–water partition coefficient (Wildman–Crippen LogP) is 0.140. The van der Waals surface area contributed by atoms with Crippen LogP contribution in [0.5, 0.6) is 0 Å². The van der Waals surface area contributed by atoms with Crippen molar-refractivity contribution in [1.82, 2.24) is 5.32 Å². The van der Waals surface area contributed by atoms with Gasteiger partial charge >= 0.3 is 0 Å². The van der Waals surface area contributed by atoms with Crippen LogP contribution in [0.25, 0.3) is 5.73 Å². The predicted molar refractivity (Wildman–Crippen MR) is 63.1 cm³/mol. The number of nitrogens with one attached hydrogen (secondary N) is 2. The number of rotatable bonds is 4. The van der Waals surface area contributed by atoms with Gasteiger partial charge in [0.2, 0.25) is 0 Å². The fourth-order valence-electron chi connectivity index (χ4n) is 0.465. The summed E-state index contributed by atoms with van der Waals surface area (Å²) in [5.41, 5.74) is 11.9. The molecule has 16 heavy (non-hydrogen) atoms. The summed E-state index contributed by atoms with van der Waals surface area (Å²) in [6.07, 6.45) is 8.00. The van der Waals surface area contributed by atoms with E-state index in [1.807, 2.05) is 13.8 Å². The third kappa shape index (κ3) is 23.6. The van der Waals surface area contributed by atoms with Gasteiger partial charge in [-0.3, -0.25) is 5.73 Å². The molecule has 1 radical (unpaired) electrons. The average molecular weight is 306 g/mol. The van der Waals surface area contributed by atoms with E-state index < -0.39 is 0 Å². The van der Waals surface area contributed by atoms with E-state index in [1.54, 1.807) is 0 Å². The van der Waals surface area contributed by atoms with Gasteiger partial charge in [0.15, 0.2) is 0 Å². The molecule has 0 aromatic carbocycles. The minimum atomic E-state index is -0.347. The molecular formula is C9H21N4O2Y-. The molecule has 0 aliphatic rings. The zero-order valence-corrected chi connectivity index (χ0v) is 12.8. The minimum absolute atomic E-state index is 0. The topological polar surface area (TPSA) is 104 Å². The number of aliphatic hydroxyl groups excluding tert-OH is 1. The average Bonchev–Trinajstić information content (AvgIpc) is 2.32. The van der Waals surface area contributed by atoms with Crippen LogP contribution in [0.15, 0.2) is 4.99 Å². The molecule has 0 spiro atoms. The number of hydrogen-bond acceptors (Lipinski definition) is 4. The Kier molecular flexibility index (Phi) is 45.6. The first-order valence-electron chi connectivity index (χ1n) is 4.55. The molecule has 0 aliphatic carbocycles. The second kappa shape index (κ2) is 29.4. The molecule has 0 heterocycles. The molecular weight excluding hydrogens is 285 g/mol. The Labute approximate surface area is 123 Å². The van der Waals surface area contributed by atoms with Crippen LogP contribution in [0.3, 0.4) is 0 Å². The minimum Gasteiger partial charge on any atom is -0.676 e. The fourth-order valence-corrected chi connectivity index (χ4v) is 0.465. The summed E-state index contributed by atoms with van der Waals surface area (Å²) in [6.45, 7) is 4.31. The molecule has 0 amide bonds. The van der Waals surface area contributed by atoms with E-state index in [0.29, 0.717) is 6.54 Å². The van der Waals surface area contributed by atoms with Crippen molar-refractivity contribution in [3.63, 3.8) is 0 Å². The smallest absolute Gasteiger partial charge is 0.288 e. The normalized spacial score (nSPS) is 8.31. The summed E-state index contributed by atoms with van der Waals surface area (Å²) in [6, 6.07) is 0.183. The number of aliphatic imine (C=N–C) groups is 1. The SMILES string of the molecule is C#C.CC.[NH-]CCN/C(=N/CO)OCN.[Y]. The largest absolute Gasteiger partial charge is 0.676 e. The van der Waals surface area contributed by atoms with Crippen LogP contribution < -0.4 is 11.1 Å². The molecule has 7 heteroatoms. The van der Waals surface area contributed by atoms with Gasteiger partial charge in [0.05, 0.1) is 0 Å². The molecule has 93 valence electrons. The van der Waals surface area contributed by atoms with E-state index in [-0.39, 0.29) is 58.7 Å². The first kappa shape index (κ1) is 24.9. The second-order valence-corrected chi connectivity index (χ2v) is 1.59. The second-order valence-electron chi connectivity index (χ2n) is 1.59. The van der Waals surface area contributed by atoms with Crippen molar-refractivity contribution in [2.24, 2.45) is 10.7 Å². The summed E-state index contributed by atoms with van der Waals surface area (Å²) in [5, 5.41) is 11.0. The summed E-state index contributed by atoms with van der Waals surface area (Å²) >= 11 is 0. The summed E-state index contributed by atoms with van der Waals surface area (Å²) < 4.78 is 4.76. The molecule has 0 bridgehead atoms. The zero-order valence-electron chi connectivity index (χ0n) is 9.94. The van der Waals surface area contributed by atoms with Crippen LogP contribution in [0, 0.1) is 12.8 Å². The number of ether oxygens (including phenoxy) is 1. The first-order valence-corrected chi connectivity index (χ1v) is 4.55. The van der Waals surface area contributed by atoms with E-state index in [4.69, 9.17) is 21.3 Å². The van der Waals surface area contributed by atoms with E-state index in [2.05, 4.69) is 23.2 Å². The van der Waals surface area contributed by atoms with E-state index >= 15 is 0 Å². The van der Waals surface area contributed by atoms with Crippen molar-refractivity contribution in [3.05, 3.63) is 5.73 Å². The summed E-state index contributed by atoms with van der Waals surface area (Å²) in [5.74, 6) is 0. The standard InChI is InChI=1S/C5H13N4O2.C2H6.C2H2.Y/c6-1-2-8-5(9-4-10)11-3-7;2*1-2;/h6,10H,1-4,7H2,(H,8,9);1-2H3;1-2H;/q-1;;;. The van der Waals surface area contributed by atoms with E-state index in [0.717, 1.165) is 0 Å². The molecule has 0 unspecified atom stereocenters. The van der Waals surface area contributed by atoms with E-state index in [9.17, 15) is 0 Å². The molecule has 0 fully saturated rings.